The Hall–Kier alpha value is -1.20. The van der Waals surface area contributed by atoms with Gasteiger partial charge >= 0.3 is 0 Å². The number of aryl methyl sites for hydroxylation is 1. The van der Waals surface area contributed by atoms with Crippen LogP contribution in [-0.4, -0.2) is 43.4 Å². The van der Waals surface area contributed by atoms with Gasteiger partial charge in [0.2, 0.25) is 0 Å². The minimum Gasteiger partial charge on any atom is -0.382 e. The van der Waals surface area contributed by atoms with Gasteiger partial charge in [-0.05, 0) is 6.42 Å². The fraction of sp³-hybridized carbons (Fsp3) is 0.636. The topological polar surface area (TPSA) is 56.3 Å². The fourth-order valence-corrected chi connectivity index (χ4v) is 1.18. The van der Waals surface area contributed by atoms with E-state index in [9.17, 15) is 0 Å². The van der Waals surface area contributed by atoms with Crippen LogP contribution in [0, 0.1) is 0 Å². The van der Waals surface area contributed by atoms with Crippen LogP contribution in [0.5, 0.6) is 0 Å². The van der Waals surface area contributed by atoms with Gasteiger partial charge < -0.3 is 14.8 Å². The standard InChI is InChI=1S/C11H19N3O2/c1-3-10-8-11(14-9-13-10)12-4-5-16-7-6-15-2/h8-9H,3-7H2,1-2H3,(H,12,13,14). The Bertz CT molecular complexity index is 294. The second-order valence-corrected chi connectivity index (χ2v) is 3.28. The number of nitrogens with zero attached hydrogens (tertiary/aromatic N) is 2. The third-order valence-electron chi connectivity index (χ3n) is 2.07. The number of anilines is 1. The summed E-state index contributed by atoms with van der Waals surface area (Å²) in [6.45, 7) is 4.72. The van der Waals surface area contributed by atoms with Gasteiger partial charge in [-0.1, -0.05) is 6.92 Å². The highest BCUT2D eigenvalue weighted by molar-refractivity contribution is 5.34. The third-order valence-corrected chi connectivity index (χ3v) is 2.07. The van der Waals surface area contributed by atoms with E-state index in [0.29, 0.717) is 19.8 Å². The van der Waals surface area contributed by atoms with Crippen molar-refractivity contribution in [1.82, 2.24) is 9.97 Å². The van der Waals surface area contributed by atoms with Crippen molar-refractivity contribution in [2.24, 2.45) is 0 Å². The maximum Gasteiger partial charge on any atom is 0.129 e. The molecule has 0 amide bonds. The Labute approximate surface area is 96.2 Å². The summed E-state index contributed by atoms with van der Waals surface area (Å²) in [7, 11) is 1.66. The zero-order valence-electron chi connectivity index (χ0n) is 9.90. The van der Waals surface area contributed by atoms with Crippen LogP contribution >= 0.6 is 0 Å². The Morgan fingerprint density at radius 3 is 2.88 bits per heavy atom. The largest absolute Gasteiger partial charge is 0.382 e. The normalized spacial score (nSPS) is 10.4. The molecule has 0 aliphatic rings. The van der Waals surface area contributed by atoms with Crippen molar-refractivity contribution >= 4 is 5.82 Å². The lowest BCUT2D eigenvalue weighted by molar-refractivity contribution is 0.0759. The van der Waals surface area contributed by atoms with Crippen molar-refractivity contribution in [1.29, 1.82) is 0 Å². The quantitative estimate of drug-likeness (QED) is 0.672. The first-order valence-electron chi connectivity index (χ1n) is 5.48. The SMILES string of the molecule is CCc1cc(NCCOCCOC)ncn1. The smallest absolute Gasteiger partial charge is 0.129 e. The molecule has 0 unspecified atom stereocenters. The van der Waals surface area contributed by atoms with E-state index in [0.717, 1.165) is 24.5 Å². The van der Waals surface area contributed by atoms with Crippen molar-refractivity contribution in [3.8, 4) is 0 Å². The van der Waals surface area contributed by atoms with E-state index in [1.54, 1.807) is 13.4 Å². The zero-order valence-corrected chi connectivity index (χ0v) is 9.90. The molecule has 5 heteroatoms. The van der Waals surface area contributed by atoms with Gasteiger partial charge in [0.25, 0.3) is 0 Å². The Balaban J connectivity index is 2.16. The number of ether oxygens (including phenoxy) is 2. The lowest BCUT2D eigenvalue weighted by Crippen LogP contribution is -2.12. The van der Waals surface area contributed by atoms with Crippen LogP contribution in [-0.2, 0) is 15.9 Å². The molecule has 0 radical (unpaired) electrons. The molecule has 1 aromatic rings. The highest BCUT2D eigenvalue weighted by Crippen LogP contribution is 2.03. The minimum absolute atomic E-state index is 0.627. The van der Waals surface area contributed by atoms with Crippen LogP contribution in [0.3, 0.4) is 0 Å². The molecular weight excluding hydrogens is 206 g/mol. The van der Waals surface area contributed by atoms with Gasteiger partial charge in [-0.3, -0.25) is 0 Å². The molecule has 1 rings (SSSR count). The van der Waals surface area contributed by atoms with Crippen molar-refractivity contribution in [2.45, 2.75) is 13.3 Å². The van der Waals surface area contributed by atoms with Gasteiger partial charge in [0.15, 0.2) is 0 Å². The number of hydrogen-bond donors (Lipinski definition) is 1. The van der Waals surface area contributed by atoms with E-state index in [1.807, 2.05) is 6.07 Å². The third kappa shape index (κ3) is 5.04. The number of aromatic nitrogens is 2. The van der Waals surface area contributed by atoms with Crippen LogP contribution in [0.15, 0.2) is 12.4 Å². The molecule has 0 bridgehead atoms. The van der Waals surface area contributed by atoms with Crippen molar-refractivity contribution in [3.05, 3.63) is 18.1 Å². The molecular formula is C11H19N3O2. The van der Waals surface area contributed by atoms with Gasteiger partial charge in [0.1, 0.15) is 12.1 Å². The molecule has 0 aliphatic carbocycles. The predicted octanol–water partition coefficient (Wildman–Crippen LogP) is 1.11. The monoisotopic (exact) mass is 225 g/mol. The Morgan fingerprint density at radius 2 is 2.12 bits per heavy atom. The van der Waals surface area contributed by atoms with Crippen molar-refractivity contribution in [2.75, 3.05) is 38.8 Å². The molecule has 0 aliphatic heterocycles. The summed E-state index contributed by atoms with van der Waals surface area (Å²) < 4.78 is 10.2. The number of hydrogen-bond acceptors (Lipinski definition) is 5. The highest BCUT2D eigenvalue weighted by Gasteiger charge is 1.96. The van der Waals surface area contributed by atoms with E-state index in [-0.39, 0.29) is 0 Å². The molecule has 1 N–H and O–H groups in total. The molecule has 0 atom stereocenters. The van der Waals surface area contributed by atoms with Crippen LogP contribution in [0.1, 0.15) is 12.6 Å². The average molecular weight is 225 g/mol. The first-order chi connectivity index (χ1) is 7.86. The minimum atomic E-state index is 0.627. The van der Waals surface area contributed by atoms with Gasteiger partial charge in [0.05, 0.1) is 19.8 Å². The molecule has 0 spiro atoms. The van der Waals surface area contributed by atoms with Crippen LogP contribution < -0.4 is 5.32 Å². The maximum atomic E-state index is 5.32. The van der Waals surface area contributed by atoms with Crippen LogP contribution in [0.25, 0.3) is 0 Å². The van der Waals surface area contributed by atoms with E-state index in [1.165, 1.54) is 0 Å². The molecule has 90 valence electrons. The van der Waals surface area contributed by atoms with Crippen LogP contribution in [0.2, 0.25) is 0 Å². The summed E-state index contributed by atoms with van der Waals surface area (Å²) >= 11 is 0. The highest BCUT2D eigenvalue weighted by atomic mass is 16.5. The van der Waals surface area contributed by atoms with Gasteiger partial charge in [-0.25, -0.2) is 9.97 Å². The Kier molecular flexibility index (Phi) is 6.44. The molecule has 1 aromatic heterocycles. The molecule has 0 saturated carbocycles. The summed E-state index contributed by atoms with van der Waals surface area (Å²) in [6.07, 6.45) is 2.49. The summed E-state index contributed by atoms with van der Waals surface area (Å²) in [5, 5.41) is 3.18. The molecule has 16 heavy (non-hydrogen) atoms. The first-order valence-corrected chi connectivity index (χ1v) is 5.48. The lowest BCUT2D eigenvalue weighted by atomic mass is 10.3. The molecule has 0 fully saturated rings. The number of methoxy groups -OCH3 is 1. The zero-order chi connectivity index (χ0) is 11.6. The number of nitrogens with one attached hydrogen (secondary N) is 1. The second kappa shape index (κ2) is 8.01. The second-order valence-electron chi connectivity index (χ2n) is 3.28. The average Bonchev–Trinajstić information content (AvgIpc) is 2.34. The van der Waals surface area contributed by atoms with Crippen molar-refractivity contribution < 1.29 is 9.47 Å². The molecule has 1 heterocycles. The molecule has 0 aromatic carbocycles. The van der Waals surface area contributed by atoms with E-state index in [4.69, 9.17) is 9.47 Å². The maximum absolute atomic E-state index is 5.32. The molecule has 5 nitrogen and oxygen atoms in total. The van der Waals surface area contributed by atoms with Gasteiger partial charge in [-0.15, -0.1) is 0 Å². The predicted molar refractivity (Wildman–Crippen MR) is 62.6 cm³/mol. The first kappa shape index (κ1) is 12.9. The Morgan fingerprint density at radius 1 is 1.25 bits per heavy atom. The number of rotatable bonds is 8. The summed E-state index contributed by atoms with van der Waals surface area (Å²) in [5.74, 6) is 0.849. The fourth-order valence-electron chi connectivity index (χ4n) is 1.18. The van der Waals surface area contributed by atoms with Gasteiger partial charge in [-0.2, -0.15) is 0 Å². The van der Waals surface area contributed by atoms with Gasteiger partial charge in [0, 0.05) is 25.4 Å². The van der Waals surface area contributed by atoms with E-state index < -0.39 is 0 Å². The van der Waals surface area contributed by atoms with Crippen LogP contribution in [0.4, 0.5) is 5.82 Å². The summed E-state index contributed by atoms with van der Waals surface area (Å²) in [4.78, 5) is 8.25. The van der Waals surface area contributed by atoms with E-state index >= 15 is 0 Å². The summed E-state index contributed by atoms with van der Waals surface area (Å²) in [5.41, 5.74) is 1.04. The molecule has 0 saturated heterocycles. The lowest BCUT2D eigenvalue weighted by Gasteiger charge is -2.06. The summed E-state index contributed by atoms with van der Waals surface area (Å²) in [6, 6.07) is 1.95. The van der Waals surface area contributed by atoms with Crippen molar-refractivity contribution in [3.63, 3.8) is 0 Å². The van der Waals surface area contributed by atoms with E-state index in [2.05, 4.69) is 22.2 Å².